The van der Waals surface area contributed by atoms with Gasteiger partial charge in [0.05, 0.1) is 17.5 Å². The number of rotatable bonds is 3. The molecule has 1 fully saturated rings. The second-order valence-corrected chi connectivity index (χ2v) is 5.36. The third-order valence-corrected chi connectivity index (χ3v) is 4.05. The average Bonchev–Trinajstić information content (AvgIpc) is 2.91. The number of para-hydroxylation sites is 2. The van der Waals surface area contributed by atoms with Crippen LogP contribution in [-0.2, 0) is 4.74 Å². The van der Waals surface area contributed by atoms with Gasteiger partial charge in [0.15, 0.2) is 0 Å². The van der Waals surface area contributed by atoms with E-state index in [0.717, 1.165) is 26.1 Å². The molecule has 18 heavy (non-hydrogen) atoms. The number of fused-ring (bicyclic) bond motifs is 1. The average molecular weight is 246 g/mol. The summed E-state index contributed by atoms with van der Waals surface area (Å²) in [5.74, 6) is 0. The van der Waals surface area contributed by atoms with E-state index in [1.54, 1.807) is 0 Å². The first kappa shape index (κ1) is 11.8. The SMILES string of the molecule is CC1CNc2ccccc2N1CCC1CCCO1. The Morgan fingerprint density at radius 2 is 2.28 bits per heavy atom. The van der Waals surface area contributed by atoms with Gasteiger partial charge >= 0.3 is 0 Å². The zero-order valence-electron chi connectivity index (χ0n) is 11.1. The first-order valence-corrected chi connectivity index (χ1v) is 7.06. The number of ether oxygens (including phenoxy) is 1. The zero-order valence-corrected chi connectivity index (χ0v) is 11.1. The monoisotopic (exact) mass is 246 g/mol. The van der Waals surface area contributed by atoms with E-state index in [9.17, 15) is 0 Å². The summed E-state index contributed by atoms with van der Waals surface area (Å²) < 4.78 is 5.72. The van der Waals surface area contributed by atoms with Crippen LogP contribution in [0.5, 0.6) is 0 Å². The smallest absolute Gasteiger partial charge is 0.0605 e. The third kappa shape index (κ3) is 2.32. The van der Waals surface area contributed by atoms with Gasteiger partial charge in [-0.25, -0.2) is 0 Å². The Balaban J connectivity index is 1.69. The van der Waals surface area contributed by atoms with Gasteiger partial charge in [-0.3, -0.25) is 0 Å². The number of benzene rings is 1. The molecule has 3 heteroatoms. The van der Waals surface area contributed by atoms with Crippen LogP contribution in [0, 0.1) is 0 Å². The van der Waals surface area contributed by atoms with Gasteiger partial charge in [-0.05, 0) is 38.3 Å². The Morgan fingerprint density at radius 3 is 3.11 bits per heavy atom. The molecule has 1 aromatic rings. The summed E-state index contributed by atoms with van der Waals surface area (Å²) in [5, 5.41) is 3.50. The van der Waals surface area contributed by atoms with Crippen molar-refractivity contribution in [2.24, 2.45) is 0 Å². The molecule has 1 N–H and O–H groups in total. The molecule has 0 saturated carbocycles. The lowest BCUT2D eigenvalue weighted by Gasteiger charge is -2.38. The van der Waals surface area contributed by atoms with E-state index in [-0.39, 0.29) is 0 Å². The zero-order chi connectivity index (χ0) is 12.4. The molecule has 2 heterocycles. The lowest BCUT2D eigenvalue weighted by Crippen LogP contribution is -2.43. The van der Waals surface area contributed by atoms with Gasteiger partial charge in [-0.2, -0.15) is 0 Å². The normalized spacial score (nSPS) is 26.8. The molecule has 0 spiro atoms. The van der Waals surface area contributed by atoms with Crippen molar-refractivity contribution < 1.29 is 4.74 Å². The predicted molar refractivity (Wildman–Crippen MR) is 75.3 cm³/mol. The van der Waals surface area contributed by atoms with Gasteiger partial charge in [0, 0.05) is 25.7 Å². The van der Waals surface area contributed by atoms with Crippen molar-refractivity contribution in [2.45, 2.75) is 38.3 Å². The summed E-state index contributed by atoms with van der Waals surface area (Å²) in [6.45, 7) is 5.38. The maximum Gasteiger partial charge on any atom is 0.0605 e. The summed E-state index contributed by atoms with van der Waals surface area (Å²) >= 11 is 0. The highest BCUT2D eigenvalue weighted by molar-refractivity contribution is 5.72. The van der Waals surface area contributed by atoms with Crippen LogP contribution in [0.1, 0.15) is 26.2 Å². The summed E-state index contributed by atoms with van der Waals surface area (Å²) in [6, 6.07) is 9.16. The second kappa shape index (κ2) is 5.19. The Morgan fingerprint density at radius 1 is 1.39 bits per heavy atom. The fourth-order valence-corrected chi connectivity index (χ4v) is 2.97. The van der Waals surface area contributed by atoms with Crippen LogP contribution in [-0.4, -0.2) is 31.8 Å². The van der Waals surface area contributed by atoms with Crippen molar-refractivity contribution in [3.63, 3.8) is 0 Å². The molecule has 3 nitrogen and oxygen atoms in total. The minimum absolute atomic E-state index is 0.485. The highest BCUT2D eigenvalue weighted by Gasteiger charge is 2.24. The highest BCUT2D eigenvalue weighted by atomic mass is 16.5. The van der Waals surface area contributed by atoms with Crippen molar-refractivity contribution in [3.05, 3.63) is 24.3 Å². The van der Waals surface area contributed by atoms with Gasteiger partial charge in [-0.15, -0.1) is 0 Å². The van der Waals surface area contributed by atoms with E-state index < -0.39 is 0 Å². The molecule has 2 aliphatic rings. The van der Waals surface area contributed by atoms with Crippen LogP contribution < -0.4 is 10.2 Å². The minimum Gasteiger partial charge on any atom is -0.381 e. The van der Waals surface area contributed by atoms with Gasteiger partial charge in [0.1, 0.15) is 0 Å². The van der Waals surface area contributed by atoms with Crippen LogP contribution in [0.4, 0.5) is 11.4 Å². The van der Waals surface area contributed by atoms with Crippen LogP contribution in [0.2, 0.25) is 0 Å². The Kier molecular flexibility index (Phi) is 3.41. The third-order valence-electron chi connectivity index (χ3n) is 4.05. The fraction of sp³-hybridized carbons (Fsp3) is 0.600. The lowest BCUT2D eigenvalue weighted by molar-refractivity contribution is 0.105. The quantitative estimate of drug-likeness (QED) is 0.887. The lowest BCUT2D eigenvalue weighted by atomic mass is 10.1. The topological polar surface area (TPSA) is 24.5 Å². The molecule has 1 aromatic carbocycles. The van der Waals surface area contributed by atoms with Crippen molar-refractivity contribution >= 4 is 11.4 Å². The van der Waals surface area contributed by atoms with E-state index in [2.05, 4.69) is 41.4 Å². The largest absolute Gasteiger partial charge is 0.381 e. The molecule has 2 aliphatic heterocycles. The van der Waals surface area contributed by atoms with Crippen LogP contribution in [0.25, 0.3) is 0 Å². The number of anilines is 2. The maximum atomic E-state index is 5.72. The van der Waals surface area contributed by atoms with Crippen LogP contribution in [0.3, 0.4) is 0 Å². The second-order valence-electron chi connectivity index (χ2n) is 5.36. The molecule has 0 aromatic heterocycles. The van der Waals surface area contributed by atoms with E-state index in [4.69, 9.17) is 4.74 Å². The molecule has 2 unspecified atom stereocenters. The number of hydrogen-bond acceptors (Lipinski definition) is 3. The van der Waals surface area contributed by atoms with Gasteiger partial charge < -0.3 is 15.0 Å². The standard InChI is InChI=1S/C15H22N2O/c1-12-11-16-14-6-2-3-7-15(14)17(12)9-8-13-5-4-10-18-13/h2-3,6-7,12-13,16H,4-5,8-11H2,1H3. The molecular formula is C15H22N2O. The summed E-state index contributed by atoms with van der Waals surface area (Å²) in [7, 11) is 0. The maximum absolute atomic E-state index is 5.72. The van der Waals surface area contributed by atoms with Crippen LogP contribution in [0.15, 0.2) is 24.3 Å². The number of nitrogens with one attached hydrogen (secondary N) is 1. The Bertz CT molecular complexity index is 401. The summed E-state index contributed by atoms with van der Waals surface area (Å²) in [5.41, 5.74) is 2.61. The Labute approximate surface area is 109 Å². The van der Waals surface area contributed by atoms with Gasteiger partial charge in [0.2, 0.25) is 0 Å². The summed E-state index contributed by atoms with van der Waals surface area (Å²) in [4.78, 5) is 2.52. The molecule has 0 radical (unpaired) electrons. The Hall–Kier alpha value is -1.22. The first-order chi connectivity index (χ1) is 8.84. The van der Waals surface area contributed by atoms with E-state index in [1.165, 1.54) is 24.2 Å². The van der Waals surface area contributed by atoms with E-state index >= 15 is 0 Å². The fourth-order valence-electron chi connectivity index (χ4n) is 2.97. The van der Waals surface area contributed by atoms with Crippen molar-refractivity contribution in [1.29, 1.82) is 0 Å². The molecular weight excluding hydrogens is 224 g/mol. The molecule has 0 amide bonds. The molecule has 98 valence electrons. The molecule has 2 atom stereocenters. The van der Waals surface area contributed by atoms with Crippen LogP contribution >= 0.6 is 0 Å². The number of nitrogens with zero attached hydrogens (tertiary/aromatic N) is 1. The molecule has 1 saturated heterocycles. The first-order valence-electron chi connectivity index (χ1n) is 7.06. The van der Waals surface area contributed by atoms with Crippen molar-refractivity contribution in [1.82, 2.24) is 0 Å². The number of hydrogen-bond donors (Lipinski definition) is 1. The van der Waals surface area contributed by atoms with Crippen molar-refractivity contribution in [3.8, 4) is 0 Å². The predicted octanol–water partition coefficient (Wildman–Crippen LogP) is 2.88. The molecule has 0 aliphatic carbocycles. The molecule has 0 bridgehead atoms. The van der Waals surface area contributed by atoms with Gasteiger partial charge in [-0.1, -0.05) is 12.1 Å². The van der Waals surface area contributed by atoms with Crippen molar-refractivity contribution in [2.75, 3.05) is 29.9 Å². The van der Waals surface area contributed by atoms with E-state index in [0.29, 0.717) is 12.1 Å². The van der Waals surface area contributed by atoms with E-state index in [1.807, 2.05) is 0 Å². The minimum atomic E-state index is 0.485. The molecule has 3 rings (SSSR count). The van der Waals surface area contributed by atoms with Gasteiger partial charge in [0.25, 0.3) is 0 Å². The highest BCUT2D eigenvalue weighted by Crippen LogP contribution is 2.31. The summed E-state index contributed by atoms with van der Waals surface area (Å²) in [6.07, 6.45) is 4.11.